The summed E-state index contributed by atoms with van der Waals surface area (Å²) in [7, 11) is 3.47. The number of carbonyl (C=O) groups is 1. The predicted molar refractivity (Wildman–Crippen MR) is 76.1 cm³/mol. The number of nitrogens with zero attached hydrogens (tertiary/aromatic N) is 2. The molecule has 0 spiro atoms. The van der Waals surface area contributed by atoms with Gasteiger partial charge < -0.3 is 16.0 Å². The molecule has 1 aromatic heterocycles. The Labute approximate surface area is 114 Å². The summed E-state index contributed by atoms with van der Waals surface area (Å²) in [5.41, 5.74) is 6.37. The van der Waals surface area contributed by atoms with E-state index in [0.29, 0.717) is 17.5 Å². The van der Waals surface area contributed by atoms with Gasteiger partial charge in [0.25, 0.3) is 5.91 Å². The SMILES string of the molecule is CN(C)C(=O)c1ccc(NC2CCCC2CN)nc1. The van der Waals surface area contributed by atoms with Crippen molar-refractivity contribution in [2.24, 2.45) is 11.7 Å². The van der Waals surface area contributed by atoms with E-state index in [1.54, 1.807) is 25.2 Å². The van der Waals surface area contributed by atoms with E-state index in [1.807, 2.05) is 12.1 Å². The minimum atomic E-state index is -0.0280. The largest absolute Gasteiger partial charge is 0.367 e. The minimum absolute atomic E-state index is 0.0280. The molecule has 1 aliphatic rings. The van der Waals surface area contributed by atoms with Crippen LogP contribution in [0.1, 0.15) is 29.6 Å². The van der Waals surface area contributed by atoms with Crippen molar-refractivity contribution in [2.75, 3.05) is 26.0 Å². The van der Waals surface area contributed by atoms with E-state index in [-0.39, 0.29) is 5.91 Å². The zero-order valence-electron chi connectivity index (χ0n) is 11.6. The molecule has 19 heavy (non-hydrogen) atoms. The van der Waals surface area contributed by atoms with Crippen LogP contribution in [0.15, 0.2) is 18.3 Å². The number of hydrogen-bond donors (Lipinski definition) is 2. The molecule has 5 heteroatoms. The maximum Gasteiger partial charge on any atom is 0.254 e. The lowest BCUT2D eigenvalue weighted by atomic mass is 10.0. The van der Waals surface area contributed by atoms with Gasteiger partial charge in [-0.1, -0.05) is 6.42 Å². The Morgan fingerprint density at radius 3 is 2.84 bits per heavy atom. The van der Waals surface area contributed by atoms with Crippen LogP contribution in [0.2, 0.25) is 0 Å². The fourth-order valence-corrected chi connectivity index (χ4v) is 2.56. The lowest BCUT2D eigenvalue weighted by Crippen LogP contribution is -2.29. The summed E-state index contributed by atoms with van der Waals surface area (Å²) >= 11 is 0. The van der Waals surface area contributed by atoms with Gasteiger partial charge in [-0.3, -0.25) is 4.79 Å². The highest BCUT2D eigenvalue weighted by atomic mass is 16.2. The van der Waals surface area contributed by atoms with E-state index in [0.717, 1.165) is 18.8 Å². The number of carbonyl (C=O) groups excluding carboxylic acids is 1. The lowest BCUT2D eigenvalue weighted by molar-refractivity contribution is 0.0827. The summed E-state index contributed by atoms with van der Waals surface area (Å²) in [4.78, 5) is 17.6. The first-order valence-electron chi connectivity index (χ1n) is 6.76. The summed E-state index contributed by atoms with van der Waals surface area (Å²) in [6, 6.07) is 4.08. The first-order chi connectivity index (χ1) is 9.11. The molecule has 2 rings (SSSR count). The van der Waals surface area contributed by atoms with Gasteiger partial charge in [-0.15, -0.1) is 0 Å². The monoisotopic (exact) mass is 262 g/mol. The lowest BCUT2D eigenvalue weighted by Gasteiger charge is -2.20. The van der Waals surface area contributed by atoms with E-state index < -0.39 is 0 Å². The Bertz CT molecular complexity index is 430. The van der Waals surface area contributed by atoms with E-state index in [2.05, 4.69) is 10.3 Å². The molecule has 1 heterocycles. The second-order valence-electron chi connectivity index (χ2n) is 5.31. The van der Waals surface area contributed by atoms with E-state index in [4.69, 9.17) is 5.73 Å². The van der Waals surface area contributed by atoms with E-state index in [9.17, 15) is 4.79 Å². The van der Waals surface area contributed by atoms with Gasteiger partial charge in [0.1, 0.15) is 5.82 Å². The molecule has 1 amide bonds. The molecule has 2 unspecified atom stereocenters. The van der Waals surface area contributed by atoms with Gasteiger partial charge in [-0.05, 0) is 37.4 Å². The van der Waals surface area contributed by atoms with Crippen LogP contribution < -0.4 is 11.1 Å². The Morgan fingerprint density at radius 2 is 2.26 bits per heavy atom. The quantitative estimate of drug-likeness (QED) is 0.858. The van der Waals surface area contributed by atoms with Crippen molar-refractivity contribution in [3.05, 3.63) is 23.9 Å². The summed E-state index contributed by atoms with van der Waals surface area (Å²) < 4.78 is 0. The molecule has 1 saturated carbocycles. The second-order valence-corrected chi connectivity index (χ2v) is 5.31. The molecule has 1 aliphatic carbocycles. The van der Waals surface area contributed by atoms with Gasteiger partial charge in [0.2, 0.25) is 0 Å². The van der Waals surface area contributed by atoms with E-state index in [1.165, 1.54) is 12.8 Å². The van der Waals surface area contributed by atoms with Crippen molar-refractivity contribution < 1.29 is 4.79 Å². The Balaban J connectivity index is 2.01. The van der Waals surface area contributed by atoms with Crippen molar-refractivity contribution >= 4 is 11.7 Å². The van der Waals surface area contributed by atoms with Gasteiger partial charge in [0.15, 0.2) is 0 Å². The number of nitrogens with two attached hydrogens (primary N) is 1. The fraction of sp³-hybridized carbons (Fsp3) is 0.571. The van der Waals surface area contributed by atoms with Gasteiger partial charge in [0, 0.05) is 26.3 Å². The summed E-state index contributed by atoms with van der Waals surface area (Å²) in [5.74, 6) is 1.32. The third-order valence-corrected chi connectivity index (χ3v) is 3.71. The maximum absolute atomic E-state index is 11.7. The molecule has 3 N–H and O–H groups in total. The number of anilines is 1. The molecular formula is C14H22N4O. The topological polar surface area (TPSA) is 71.2 Å². The number of amides is 1. The zero-order valence-corrected chi connectivity index (χ0v) is 11.6. The third kappa shape index (κ3) is 3.23. The van der Waals surface area contributed by atoms with Crippen molar-refractivity contribution in [1.82, 2.24) is 9.88 Å². The molecule has 1 fully saturated rings. The molecule has 104 valence electrons. The second kappa shape index (κ2) is 6.02. The minimum Gasteiger partial charge on any atom is -0.367 e. The molecule has 2 atom stereocenters. The van der Waals surface area contributed by atoms with Crippen LogP contribution in [0, 0.1) is 5.92 Å². The normalized spacial score (nSPS) is 22.3. The molecule has 0 saturated heterocycles. The molecule has 0 radical (unpaired) electrons. The Morgan fingerprint density at radius 1 is 1.47 bits per heavy atom. The van der Waals surface area contributed by atoms with Crippen LogP contribution in [-0.4, -0.2) is 42.5 Å². The van der Waals surface area contributed by atoms with Crippen LogP contribution in [0.5, 0.6) is 0 Å². The zero-order chi connectivity index (χ0) is 13.8. The van der Waals surface area contributed by atoms with Gasteiger partial charge in [-0.25, -0.2) is 4.98 Å². The average molecular weight is 262 g/mol. The molecule has 0 aromatic carbocycles. The number of hydrogen-bond acceptors (Lipinski definition) is 4. The van der Waals surface area contributed by atoms with Crippen molar-refractivity contribution in [3.63, 3.8) is 0 Å². The number of rotatable bonds is 4. The van der Waals surface area contributed by atoms with Gasteiger partial charge in [-0.2, -0.15) is 0 Å². The summed E-state index contributed by atoms with van der Waals surface area (Å²) in [6.45, 7) is 0.717. The molecule has 5 nitrogen and oxygen atoms in total. The Hall–Kier alpha value is -1.62. The predicted octanol–water partition coefficient (Wildman–Crippen LogP) is 1.32. The Kier molecular flexibility index (Phi) is 4.37. The number of nitrogens with one attached hydrogen (secondary N) is 1. The molecular weight excluding hydrogens is 240 g/mol. The summed E-state index contributed by atoms with van der Waals surface area (Å²) in [6.07, 6.45) is 5.17. The standard InChI is InChI=1S/C14H22N4O/c1-18(2)14(19)11-6-7-13(16-9-11)17-12-5-3-4-10(12)8-15/h6-7,9-10,12H,3-5,8,15H2,1-2H3,(H,16,17). The number of pyridine rings is 1. The smallest absolute Gasteiger partial charge is 0.254 e. The first kappa shape index (κ1) is 13.8. The van der Waals surface area contributed by atoms with Crippen LogP contribution in [0.25, 0.3) is 0 Å². The van der Waals surface area contributed by atoms with Crippen LogP contribution in [0.3, 0.4) is 0 Å². The average Bonchev–Trinajstić information content (AvgIpc) is 2.86. The fourth-order valence-electron chi connectivity index (χ4n) is 2.56. The van der Waals surface area contributed by atoms with E-state index >= 15 is 0 Å². The van der Waals surface area contributed by atoms with Crippen molar-refractivity contribution in [3.8, 4) is 0 Å². The van der Waals surface area contributed by atoms with Crippen LogP contribution >= 0.6 is 0 Å². The van der Waals surface area contributed by atoms with Crippen molar-refractivity contribution in [2.45, 2.75) is 25.3 Å². The maximum atomic E-state index is 11.7. The molecule has 0 aliphatic heterocycles. The van der Waals surface area contributed by atoms with Crippen LogP contribution in [0.4, 0.5) is 5.82 Å². The van der Waals surface area contributed by atoms with Gasteiger partial charge >= 0.3 is 0 Å². The highest BCUT2D eigenvalue weighted by Gasteiger charge is 2.26. The van der Waals surface area contributed by atoms with Crippen molar-refractivity contribution in [1.29, 1.82) is 0 Å². The molecule has 0 bridgehead atoms. The highest BCUT2D eigenvalue weighted by Crippen LogP contribution is 2.27. The van der Waals surface area contributed by atoms with Crippen LogP contribution in [-0.2, 0) is 0 Å². The summed E-state index contributed by atoms with van der Waals surface area (Å²) in [5, 5.41) is 3.42. The first-order valence-corrected chi connectivity index (χ1v) is 6.76. The van der Waals surface area contributed by atoms with Gasteiger partial charge in [0.05, 0.1) is 5.56 Å². The third-order valence-electron chi connectivity index (χ3n) is 3.71. The molecule has 1 aromatic rings. The highest BCUT2D eigenvalue weighted by molar-refractivity contribution is 5.93. The number of aromatic nitrogens is 1.